The summed E-state index contributed by atoms with van der Waals surface area (Å²) in [5.41, 5.74) is 0. The Bertz CT molecular complexity index is 81.2. The van der Waals surface area contributed by atoms with Gasteiger partial charge in [-0.15, -0.1) is 0 Å². The van der Waals surface area contributed by atoms with Crippen LogP contribution in [0.25, 0.3) is 0 Å². The van der Waals surface area contributed by atoms with Crippen molar-refractivity contribution >= 4 is 159 Å². The zero-order chi connectivity index (χ0) is 4.50. The molecule has 0 aromatic carbocycles. The van der Waals surface area contributed by atoms with Gasteiger partial charge in [0.05, 0.1) is 0 Å². The van der Waals surface area contributed by atoms with Crippen molar-refractivity contribution in [2.75, 3.05) is 0 Å². The van der Waals surface area contributed by atoms with Gasteiger partial charge in [-0.3, -0.25) is 4.70 Å². The summed E-state index contributed by atoms with van der Waals surface area (Å²) in [4.78, 5) is 21.6. The second-order valence-electron chi connectivity index (χ2n) is 0.513. The Hall–Kier alpha value is 5.08. The van der Waals surface area contributed by atoms with E-state index in [2.05, 4.69) is 0 Å². The van der Waals surface area contributed by atoms with Crippen LogP contribution in [-0.2, 0) is 4.57 Å². The van der Waals surface area contributed by atoms with Gasteiger partial charge in [-0.2, -0.15) is 0 Å². The summed E-state index contributed by atoms with van der Waals surface area (Å²) in [5, 5.41) is 0. The number of rotatable bonds is 0. The van der Waals surface area contributed by atoms with Gasteiger partial charge in [0, 0.05) is 0 Å². The molecular formula is H12Ca4FO4P. The number of hydrogen-bond donors (Lipinski definition) is 3. The Kier molecular flexibility index (Phi) is 71.1. The van der Waals surface area contributed by atoms with Crippen molar-refractivity contribution in [3.63, 3.8) is 0 Å². The Labute approximate surface area is 189 Å². The van der Waals surface area contributed by atoms with Crippen LogP contribution < -0.4 is 0 Å². The van der Waals surface area contributed by atoms with E-state index in [-0.39, 0.29) is 167 Å². The minimum atomic E-state index is -4.64. The van der Waals surface area contributed by atoms with Crippen LogP contribution in [0.2, 0.25) is 0 Å². The summed E-state index contributed by atoms with van der Waals surface area (Å²) in [6, 6.07) is 0. The monoisotopic (exact) mass is 286 g/mol. The van der Waals surface area contributed by atoms with Crippen molar-refractivity contribution in [2.45, 2.75) is 0 Å². The minimum absolute atomic E-state index is 0. The fraction of sp³-hybridized carbons (Fsp3) is 0. The summed E-state index contributed by atoms with van der Waals surface area (Å²) in [6.07, 6.45) is 0. The van der Waals surface area contributed by atoms with Gasteiger partial charge in [0.1, 0.15) is 0 Å². The molecule has 4 nitrogen and oxygen atoms in total. The first-order valence-corrected chi connectivity index (χ1v) is 2.35. The average molecular weight is 286 g/mol. The largest absolute Gasteiger partial charge is 2.00 e. The van der Waals surface area contributed by atoms with Crippen molar-refractivity contribution in [3.05, 3.63) is 0 Å². The SMILES string of the molecule is F.O=P(O)(O)O.[Ca+2].[Ca+2].[Ca+2].[Ca+2].[H-].[H-].[H-].[H-].[H-].[H-].[H-].[H-]. The van der Waals surface area contributed by atoms with E-state index >= 15 is 0 Å². The molecule has 0 aliphatic rings. The molecule has 0 fully saturated rings. The van der Waals surface area contributed by atoms with Gasteiger partial charge in [-0.25, -0.2) is 4.57 Å². The topological polar surface area (TPSA) is 77.8 Å². The van der Waals surface area contributed by atoms with E-state index in [4.69, 9.17) is 19.2 Å². The van der Waals surface area contributed by atoms with Crippen LogP contribution in [0.3, 0.4) is 0 Å². The Morgan fingerprint density at radius 1 is 0.900 bits per heavy atom. The molecule has 0 aromatic heterocycles. The normalized spacial score (nSPS) is 5.90. The van der Waals surface area contributed by atoms with Crippen LogP contribution in [0.4, 0.5) is 4.70 Å². The van der Waals surface area contributed by atoms with Gasteiger partial charge < -0.3 is 26.1 Å². The molecule has 10 heavy (non-hydrogen) atoms. The van der Waals surface area contributed by atoms with Crippen molar-refractivity contribution in [1.82, 2.24) is 0 Å². The van der Waals surface area contributed by atoms with Crippen molar-refractivity contribution in [3.8, 4) is 0 Å². The maximum absolute atomic E-state index is 8.88. The van der Waals surface area contributed by atoms with Gasteiger partial charge >= 0.3 is 159 Å². The van der Waals surface area contributed by atoms with Crippen LogP contribution in [0.5, 0.6) is 0 Å². The predicted molar refractivity (Wildman–Crippen MR) is 48.7 cm³/mol. The first-order valence-electron chi connectivity index (χ1n) is 0.783. The van der Waals surface area contributed by atoms with Gasteiger partial charge in [0.25, 0.3) is 0 Å². The molecule has 0 saturated carbocycles. The molecule has 0 radical (unpaired) electrons. The molecule has 0 rings (SSSR count). The number of halogens is 1. The number of phosphoric acid groups is 1. The smallest absolute Gasteiger partial charge is 1.00 e. The van der Waals surface area contributed by atoms with E-state index in [9.17, 15) is 0 Å². The molecule has 0 spiro atoms. The minimum Gasteiger partial charge on any atom is -1.00 e. The van der Waals surface area contributed by atoms with Gasteiger partial charge in [-0.05, 0) is 0 Å². The van der Waals surface area contributed by atoms with Gasteiger partial charge in [-0.1, -0.05) is 0 Å². The first-order chi connectivity index (χ1) is 2.00. The molecule has 0 amide bonds. The van der Waals surface area contributed by atoms with Gasteiger partial charge in [0.2, 0.25) is 0 Å². The van der Waals surface area contributed by atoms with Crippen LogP contribution >= 0.6 is 7.82 Å². The Morgan fingerprint density at radius 2 is 0.900 bits per heavy atom. The summed E-state index contributed by atoms with van der Waals surface area (Å²) >= 11 is 0. The third-order valence-corrected chi connectivity index (χ3v) is 0. The zero-order valence-electron chi connectivity index (χ0n) is 13.4. The molecular weight excluding hydrogens is 274 g/mol. The third kappa shape index (κ3) is 74.0. The maximum atomic E-state index is 8.88. The quantitative estimate of drug-likeness (QED) is 0.378. The molecule has 0 heterocycles. The summed E-state index contributed by atoms with van der Waals surface area (Å²) in [7, 11) is -4.64. The third-order valence-electron chi connectivity index (χ3n) is 0. The summed E-state index contributed by atoms with van der Waals surface area (Å²) in [6.45, 7) is 0. The van der Waals surface area contributed by atoms with E-state index in [1.54, 1.807) is 0 Å². The Balaban J connectivity index is -0.00000000103. The predicted octanol–water partition coefficient (Wildman–Crippen LogP) is -1.40. The second-order valence-corrected chi connectivity index (χ2v) is 1.54. The van der Waals surface area contributed by atoms with E-state index in [0.29, 0.717) is 0 Å². The molecule has 0 aromatic rings. The van der Waals surface area contributed by atoms with Crippen LogP contribution in [0.15, 0.2) is 0 Å². The van der Waals surface area contributed by atoms with Crippen LogP contribution in [-0.4, -0.2) is 166 Å². The molecule has 3 N–H and O–H groups in total. The van der Waals surface area contributed by atoms with Gasteiger partial charge in [0.15, 0.2) is 0 Å². The zero-order valence-corrected chi connectivity index (χ0v) is 15.2. The van der Waals surface area contributed by atoms with Crippen molar-refractivity contribution in [1.29, 1.82) is 0 Å². The van der Waals surface area contributed by atoms with Crippen LogP contribution in [0, 0.1) is 0 Å². The number of hydrogen-bond acceptors (Lipinski definition) is 1. The summed E-state index contributed by atoms with van der Waals surface area (Å²) in [5.74, 6) is 0. The van der Waals surface area contributed by atoms with E-state index in [1.807, 2.05) is 0 Å². The van der Waals surface area contributed by atoms with E-state index < -0.39 is 7.82 Å². The first kappa shape index (κ1) is 36.3. The summed E-state index contributed by atoms with van der Waals surface area (Å²) < 4.78 is 8.88. The molecule has 56 valence electrons. The van der Waals surface area contributed by atoms with Crippen LogP contribution in [0.1, 0.15) is 11.4 Å². The van der Waals surface area contributed by atoms with Crippen molar-refractivity contribution < 1.29 is 35.4 Å². The molecule has 0 aliphatic heterocycles. The molecule has 10 heteroatoms. The van der Waals surface area contributed by atoms with E-state index in [1.165, 1.54) is 0 Å². The molecule has 0 saturated heterocycles. The molecule has 0 aliphatic carbocycles. The molecule has 0 bridgehead atoms. The maximum Gasteiger partial charge on any atom is 2.00 e. The fourth-order valence-electron chi connectivity index (χ4n) is 0. The average Bonchev–Trinajstić information content (AvgIpc) is 0.722. The standard InChI is InChI=1S/4Ca.FH.H3O4P.8H/c;;;;;1-5(2,3)4;;;;;;;;/h;;;;1H;(H3,1,2,3,4);;;;;;;;/q4*+2;;;8*-1. The second kappa shape index (κ2) is 19.6. The molecule has 0 unspecified atom stereocenters. The fourth-order valence-corrected chi connectivity index (χ4v) is 0. The van der Waals surface area contributed by atoms with E-state index in [0.717, 1.165) is 0 Å². The Morgan fingerprint density at radius 3 is 0.900 bits per heavy atom. The molecule has 0 atom stereocenters. The van der Waals surface area contributed by atoms with Crippen molar-refractivity contribution in [2.24, 2.45) is 0 Å².